The minimum atomic E-state index is -0.0582. The number of nitrogens with two attached hydrogens (primary N) is 1. The summed E-state index contributed by atoms with van der Waals surface area (Å²) in [6.45, 7) is 0. The highest BCUT2D eigenvalue weighted by Gasteiger charge is 2.30. The molecule has 1 saturated carbocycles. The number of nitriles is 1. The number of carbonyl (C=O) groups excluding carboxylic acids is 1. The van der Waals surface area contributed by atoms with Gasteiger partial charge in [0, 0.05) is 21.0 Å². The van der Waals surface area contributed by atoms with Crippen LogP contribution in [0, 0.1) is 11.3 Å². The zero-order valence-corrected chi connectivity index (χ0v) is 20.0. The number of fused-ring (bicyclic) bond motifs is 1. The van der Waals surface area contributed by atoms with Gasteiger partial charge in [0.15, 0.2) is 0 Å². The van der Waals surface area contributed by atoms with E-state index in [4.69, 9.17) is 10.5 Å². The Bertz CT molecular complexity index is 1200. The van der Waals surface area contributed by atoms with Crippen LogP contribution in [0.15, 0.2) is 70.5 Å². The highest BCUT2D eigenvalue weighted by atomic mass is 32.2. The van der Waals surface area contributed by atoms with Gasteiger partial charge >= 0.3 is 0 Å². The molecule has 3 aromatic rings. The average Bonchev–Trinajstić information content (AvgIpc) is 3.23. The van der Waals surface area contributed by atoms with Crippen LogP contribution in [0.2, 0.25) is 0 Å². The number of hydrogen-bond acceptors (Lipinski definition) is 6. The van der Waals surface area contributed by atoms with Crippen molar-refractivity contribution in [3.05, 3.63) is 77.4 Å². The molecule has 1 aliphatic heterocycles. The molecule has 1 aliphatic carbocycles. The molecule has 0 aromatic heterocycles. The van der Waals surface area contributed by atoms with Crippen LogP contribution in [0.3, 0.4) is 0 Å². The van der Waals surface area contributed by atoms with Crippen LogP contribution in [0.4, 0.5) is 11.4 Å². The first-order valence-electron chi connectivity index (χ1n) is 10.7. The molecular formula is C26H25N3O2S2. The SMILES string of the molecule is COc1c(C#N)cc(C(=O)N2CSc3ccccc32)cc1C1CCC1.Nc1ccccc1S. The van der Waals surface area contributed by atoms with Crippen molar-refractivity contribution in [3.8, 4) is 11.8 Å². The minimum Gasteiger partial charge on any atom is -0.495 e. The normalized spacial score (nSPS) is 14.4. The van der Waals surface area contributed by atoms with Crippen molar-refractivity contribution in [2.75, 3.05) is 23.6 Å². The lowest BCUT2D eigenvalue weighted by molar-refractivity contribution is 0.0991. The number of thioether (sulfide) groups is 1. The Balaban J connectivity index is 0.000000275. The summed E-state index contributed by atoms with van der Waals surface area (Å²) in [5.74, 6) is 1.55. The summed E-state index contributed by atoms with van der Waals surface area (Å²) in [6, 6.07) is 21.2. The van der Waals surface area contributed by atoms with Gasteiger partial charge in [-0.25, -0.2) is 0 Å². The Morgan fingerprint density at radius 3 is 2.52 bits per heavy atom. The average molecular weight is 476 g/mol. The van der Waals surface area contributed by atoms with E-state index in [2.05, 4.69) is 18.7 Å². The first kappa shape index (κ1) is 23.1. The number of amides is 1. The highest BCUT2D eigenvalue weighted by molar-refractivity contribution is 8.00. The van der Waals surface area contributed by atoms with Crippen molar-refractivity contribution in [3.63, 3.8) is 0 Å². The van der Waals surface area contributed by atoms with Gasteiger partial charge in [0.1, 0.15) is 11.8 Å². The van der Waals surface area contributed by atoms with E-state index < -0.39 is 0 Å². The molecular weight excluding hydrogens is 450 g/mol. The molecule has 0 spiro atoms. The molecule has 7 heteroatoms. The van der Waals surface area contributed by atoms with Crippen molar-refractivity contribution in [1.29, 1.82) is 5.26 Å². The topological polar surface area (TPSA) is 79.3 Å². The first-order chi connectivity index (χ1) is 16.0. The molecule has 0 radical (unpaired) electrons. The largest absolute Gasteiger partial charge is 0.495 e. The Morgan fingerprint density at radius 2 is 1.91 bits per heavy atom. The number of methoxy groups -OCH3 is 1. The Labute approximate surface area is 204 Å². The van der Waals surface area contributed by atoms with E-state index in [-0.39, 0.29) is 5.91 Å². The summed E-state index contributed by atoms with van der Waals surface area (Å²) in [4.78, 5) is 16.9. The molecule has 5 rings (SSSR count). The fourth-order valence-electron chi connectivity index (χ4n) is 3.93. The van der Waals surface area contributed by atoms with Gasteiger partial charge in [-0.2, -0.15) is 5.26 Å². The smallest absolute Gasteiger partial charge is 0.259 e. The minimum absolute atomic E-state index is 0.0582. The van der Waals surface area contributed by atoms with Gasteiger partial charge < -0.3 is 10.5 Å². The molecule has 168 valence electrons. The molecule has 1 fully saturated rings. The van der Waals surface area contributed by atoms with Crippen molar-refractivity contribution in [1.82, 2.24) is 0 Å². The van der Waals surface area contributed by atoms with Crippen LogP contribution in [-0.2, 0) is 0 Å². The van der Waals surface area contributed by atoms with E-state index in [1.54, 1.807) is 29.8 Å². The lowest BCUT2D eigenvalue weighted by Gasteiger charge is -2.28. The lowest BCUT2D eigenvalue weighted by Crippen LogP contribution is -2.28. The number of hydrogen-bond donors (Lipinski definition) is 2. The molecule has 1 heterocycles. The van der Waals surface area contributed by atoms with Gasteiger partial charge in [-0.15, -0.1) is 24.4 Å². The van der Waals surface area contributed by atoms with Crippen LogP contribution in [0.1, 0.15) is 46.7 Å². The van der Waals surface area contributed by atoms with Crippen molar-refractivity contribution >= 4 is 41.7 Å². The summed E-state index contributed by atoms with van der Waals surface area (Å²) < 4.78 is 5.49. The van der Waals surface area contributed by atoms with Gasteiger partial charge in [0.2, 0.25) is 0 Å². The number of benzene rings is 3. The van der Waals surface area contributed by atoms with Crippen molar-refractivity contribution in [2.24, 2.45) is 0 Å². The summed E-state index contributed by atoms with van der Waals surface area (Å²) in [7, 11) is 1.59. The maximum absolute atomic E-state index is 13.1. The van der Waals surface area contributed by atoms with Gasteiger partial charge in [-0.05, 0) is 60.7 Å². The molecule has 2 N–H and O–H groups in total. The van der Waals surface area contributed by atoms with Crippen LogP contribution >= 0.6 is 24.4 Å². The van der Waals surface area contributed by atoms with E-state index in [0.29, 0.717) is 28.7 Å². The van der Waals surface area contributed by atoms with Crippen molar-refractivity contribution < 1.29 is 9.53 Å². The maximum Gasteiger partial charge on any atom is 0.259 e. The van der Waals surface area contributed by atoms with E-state index in [9.17, 15) is 10.1 Å². The fourth-order valence-corrected chi connectivity index (χ4v) is 5.11. The number of thiol groups is 1. The van der Waals surface area contributed by atoms with Gasteiger partial charge in [0.05, 0.1) is 24.2 Å². The molecule has 0 bridgehead atoms. The molecule has 1 amide bonds. The fraction of sp³-hybridized carbons (Fsp3) is 0.231. The number of carbonyl (C=O) groups is 1. The molecule has 2 aliphatic rings. The zero-order chi connectivity index (χ0) is 23.4. The van der Waals surface area contributed by atoms with E-state index >= 15 is 0 Å². The quantitative estimate of drug-likeness (QED) is 0.353. The van der Waals surface area contributed by atoms with Crippen LogP contribution in [0.5, 0.6) is 5.75 Å². The van der Waals surface area contributed by atoms with Crippen LogP contribution in [0.25, 0.3) is 0 Å². The standard InChI is InChI=1S/C20H18N2O2S.C6H7NS/c1-24-19-15(11-21)9-14(10-16(19)13-5-4-6-13)20(23)22-12-25-18-8-3-2-7-17(18)22;7-5-3-1-2-4-6(5)8/h2-3,7-10,13H,4-6,12H2,1H3;1-4,8H,7H2. The predicted molar refractivity (Wildman–Crippen MR) is 136 cm³/mol. The van der Waals surface area contributed by atoms with Crippen LogP contribution < -0.4 is 15.4 Å². The second-order valence-corrected chi connectivity index (χ2v) is 9.39. The van der Waals surface area contributed by atoms with Gasteiger partial charge in [0.25, 0.3) is 5.91 Å². The first-order valence-corrected chi connectivity index (χ1v) is 12.2. The summed E-state index contributed by atoms with van der Waals surface area (Å²) in [6.07, 6.45) is 3.35. The Hall–Kier alpha value is -3.08. The summed E-state index contributed by atoms with van der Waals surface area (Å²) in [5.41, 5.74) is 9.12. The molecule has 0 atom stereocenters. The zero-order valence-electron chi connectivity index (χ0n) is 18.3. The predicted octanol–water partition coefficient (Wildman–Crippen LogP) is 6.10. The number of nitrogens with zero attached hydrogens (tertiary/aromatic N) is 2. The summed E-state index contributed by atoms with van der Waals surface area (Å²) in [5, 5.41) is 9.52. The third kappa shape index (κ3) is 4.82. The Morgan fingerprint density at radius 1 is 1.18 bits per heavy atom. The third-order valence-electron chi connectivity index (χ3n) is 5.92. The number of anilines is 2. The van der Waals surface area contributed by atoms with E-state index in [1.165, 1.54) is 6.42 Å². The maximum atomic E-state index is 13.1. The molecule has 0 saturated heterocycles. The highest BCUT2D eigenvalue weighted by Crippen LogP contribution is 2.44. The van der Waals surface area contributed by atoms with E-state index in [0.717, 1.165) is 39.6 Å². The monoisotopic (exact) mass is 475 g/mol. The lowest BCUT2D eigenvalue weighted by atomic mass is 9.78. The number of nitrogen functional groups attached to an aromatic ring is 1. The van der Waals surface area contributed by atoms with Gasteiger partial charge in [-0.1, -0.05) is 30.7 Å². The van der Waals surface area contributed by atoms with Gasteiger partial charge in [-0.3, -0.25) is 9.69 Å². The number of para-hydroxylation sites is 2. The second kappa shape index (κ2) is 10.2. The second-order valence-electron chi connectivity index (χ2n) is 7.92. The number of ether oxygens (including phenoxy) is 1. The molecule has 3 aromatic carbocycles. The summed E-state index contributed by atoms with van der Waals surface area (Å²) >= 11 is 5.73. The Kier molecular flexibility index (Phi) is 7.17. The van der Waals surface area contributed by atoms with Crippen molar-refractivity contribution in [2.45, 2.75) is 35.0 Å². The molecule has 0 unspecified atom stereocenters. The van der Waals surface area contributed by atoms with Crippen LogP contribution in [-0.4, -0.2) is 18.9 Å². The molecule has 5 nitrogen and oxygen atoms in total. The number of rotatable bonds is 3. The molecule has 33 heavy (non-hydrogen) atoms. The third-order valence-corrected chi connectivity index (χ3v) is 7.37. The van der Waals surface area contributed by atoms with E-state index in [1.807, 2.05) is 54.6 Å².